The number of carbonyl (C=O) groups is 2. The van der Waals surface area contributed by atoms with Gasteiger partial charge >= 0.3 is 11.9 Å². The molecule has 0 saturated heterocycles. The molecule has 3 N–H and O–H groups in total. The highest BCUT2D eigenvalue weighted by Crippen LogP contribution is 1.96. The molecule has 0 aliphatic rings. The van der Waals surface area contributed by atoms with Gasteiger partial charge in [-0.05, 0) is 19.4 Å². The van der Waals surface area contributed by atoms with Crippen LogP contribution >= 0.6 is 0 Å². The molecule has 0 bridgehead atoms. The lowest BCUT2D eigenvalue weighted by molar-refractivity contribution is -0.143. The van der Waals surface area contributed by atoms with Crippen molar-refractivity contribution in [3.63, 3.8) is 0 Å². The summed E-state index contributed by atoms with van der Waals surface area (Å²) in [6.07, 6.45) is 1.04. The summed E-state index contributed by atoms with van der Waals surface area (Å²) in [7, 11) is 2.63. The van der Waals surface area contributed by atoms with Crippen molar-refractivity contribution in [2.24, 2.45) is 5.73 Å². The van der Waals surface area contributed by atoms with Crippen molar-refractivity contribution in [2.45, 2.75) is 31.8 Å². The fourth-order valence-electron chi connectivity index (χ4n) is 1.22. The first-order chi connectivity index (χ1) is 7.56. The van der Waals surface area contributed by atoms with Crippen LogP contribution in [0.4, 0.5) is 0 Å². The summed E-state index contributed by atoms with van der Waals surface area (Å²) in [6.45, 7) is 2.33. The quantitative estimate of drug-likeness (QED) is 0.571. The molecular formula is C10H20N2O4. The van der Waals surface area contributed by atoms with E-state index in [1.165, 1.54) is 14.2 Å². The second-order valence-electron chi connectivity index (χ2n) is 3.36. The maximum atomic E-state index is 11.2. The first-order valence-corrected chi connectivity index (χ1v) is 5.21. The molecule has 0 aromatic rings. The van der Waals surface area contributed by atoms with E-state index in [1.807, 2.05) is 6.92 Å². The van der Waals surface area contributed by atoms with E-state index in [0.29, 0.717) is 19.4 Å². The van der Waals surface area contributed by atoms with E-state index in [0.717, 1.165) is 0 Å². The Labute approximate surface area is 95.5 Å². The second kappa shape index (κ2) is 8.06. The molecule has 0 aliphatic carbocycles. The van der Waals surface area contributed by atoms with Gasteiger partial charge in [0, 0.05) is 0 Å². The van der Waals surface area contributed by atoms with E-state index in [2.05, 4.69) is 14.8 Å². The Bertz CT molecular complexity index is 233. The van der Waals surface area contributed by atoms with Crippen LogP contribution in [0.25, 0.3) is 0 Å². The standard InChI is InChI=1S/C10H20N2O4/c1-4-8(10(14)16-3)12-6-5-7(11)9(13)15-2/h7-8,12H,4-6,11H2,1-3H3. The zero-order valence-electron chi connectivity index (χ0n) is 9.99. The average Bonchev–Trinajstić information content (AvgIpc) is 2.32. The highest BCUT2D eigenvalue weighted by Gasteiger charge is 2.18. The molecule has 2 atom stereocenters. The molecule has 16 heavy (non-hydrogen) atoms. The monoisotopic (exact) mass is 232 g/mol. The van der Waals surface area contributed by atoms with Crippen LogP contribution in [0.1, 0.15) is 19.8 Å². The van der Waals surface area contributed by atoms with Crippen molar-refractivity contribution < 1.29 is 19.1 Å². The molecule has 0 rings (SSSR count). The highest BCUT2D eigenvalue weighted by atomic mass is 16.5. The molecule has 0 fully saturated rings. The van der Waals surface area contributed by atoms with Gasteiger partial charge in [-0.3, -0.25) is 9.59 Å². The highest BCUT2D eigenvalue weighted by molar-refractivity contribution is 5.76. The Hall–Kier alpha value is -1.14. The molecule has 0 aliphatic heterocycles. The van der Waals surface area contributed by atoms with Gasteiger partial charge in [0.25, 0.3) is 0 Å². The molecule has 94 valence electrons. The van der Waals surface area contributed by atoms with Gasteiger partial charge in [0.05, 0.1) is 14.2 Å². The largest absolute Gasteiger partial charge is 0.468 e. The van der Waals surface area contributed by atoms with Crippen LogP contribution in [-0.4, -0.2) is 44.8 Å². The van der Waals surface area contributed by atoms with Gasteiger partial charge in [0.2, 0.25) is 0 Å². The second-order valence-corrected chi connectivity index (χ2v) is 3.36. The minimum absolute atomic E-state index is 0.311. The van der Waals surface area contributed by atoms with Crippen molar-refractivity contribution in [2.75, 3.05) is 20.8 Å². The first-order valence-electron chi connectivity index (χ1n) is 5.21. The Morgan fingerprint density at radius 2 is 1.81 bits per heavy atom. The minimum Gasteiger partial charge on any atom is -0.468 e. The Morgan fingerprint density at radius 3 is 2.25 bits per heavy atom. The van der Waals surface area contributed by atoms with Gasteiger partial charge in [-0.25, -0.2) is 0 Å². The molecule has 0 amide bonds. The summed E-state index contributed by atoms with van der Waals surface area (Å²) in [5.41, 5.74) is 5.53. The van der Waals surface area contributed by atoms with Crippen molar-refractivity contribution in [3.05, 3.63) is 0 Å². The Kier molecular flexibility index (Phi) is 7.49. The maximum Gasteiger partial charge on any atom is 0.322 e. The lowest BCUT2D eigenvalue weighted by Gasteiger charge is -2.15. The number of rotatable bonds is 7. The van der Waals surface area contributed by atoms with Crippen molar-refractivity contribution in [3.8, 4) is 0 Å². The summed E-state index contributed by atoms with van der Waals surface area (Å²) >= 11 is 0. The third kappa shape index (κ3) is 5.09. The minimum atomic E-state index is -0.660. The summed E-state index contributed by atoms with van der Waals surface area (Å²) in [5, 5.41) is 2.97. The van der Waals surface area contributed by atoms with Crippen molar-refractivity contribution in [1.29, 1.82) is 0 Å². The summed E-state index contributed by atoms with van der Waals surface area (Å²) in [5.74, 6) is -0.762. The van der Waals surface area contributed by atoms with Gasteiger partial charge in [-0.1, -0.05) is 6.92 Å². The van der Waals surface area contributed by atoms with E-state index in [4.69, 9.17) is 5.73 Å². The van der Waals surface area contributed by atoms with Crippen LogP contribution in [0, 0.1) is 0 Å². The molecule has 0 radical (unpaired) electrons. The van der Waals surface area contributed by atoms with Crippen molar-refractivity contribution >= 4 is 11.9 Å². The lowest BCUT2D eigenvalue weighted by Crippen LogP contribution is -2.41. The average molecular weight is 232 g/mol. The summed E-state index contributed by atoms with van der Waals surface area (Å²) in [4.78, 5) is 22.2. The van der Waals surface area contributed by atoms with E-state index in [9.17, 15) is 9.59 Å². The van der Waals surface area contributed by atoms with E-state index in [1.54, 1.807) is 0 Å². The third-order valence-electron chi connectivity index (χ3n) is 2.24. The number of esters is 2. The van der Waals surface area contributed by atoms with Crippen LogP contribution in [0.2, 0.25) is 0 Å². The number of nitrogens with one attached hydrogen (secondary N) is 1. The summed E-state index contributed by atoms with van der Waals surface area (Å²) < 4.78 is 9.09. The molecular weight excluding hydrogens is 212 g/mol. The molecule has 0 aromatic heterocycles. The smallest absolute Gasteiger partial charge is 0.322 e. The molecule has 0 saturated carbocycles. The van der Waals surface area contributed by atoms with Crippen LogP contribution in [-0.2, 0) is 19.1 Å². The molecule has 2 unspecified atom stereocenters. The third-order valence-corrected chi connectivity index (χ3v) is 2.24. The number of hydrogen-bond donors (Lipinski definition) is 2. The van der Waals surface area contributed by atoms with Gasteiger partial charge in [-0.2, -0.15) is 0 Å². The molecule has 6 nitrogen and oxygen atoms in total. The van der Waals surface area contributed by atoms with Crippen LogP contribution in [0.5, 0.6) is 0 Å². The van der Waals surface area contributed by atoms with Crippen LogP contribution < -0.4 is 11.1 Å². The van der Waals surface area contributed by atoms with Gasteiger partial charge < -0.3 is 20.5 Å². The summed E-state index contributed by atoms with van der Waals surface area (Å²) in [6, 6.07) is -1.01. The SMILES string of the molecule is CCC(NCCC(N)C(=O)OC)C(=O)OC. The van der Waals surface area contributed by atoms with Gasteiger partial charge in [-0.15, -0.1) is 0 Å². The van der Waals surface area contributed by atoms with Gasteiger partial charge in [0.1, 0.15) is 12.1 Å². The van der Waals surface area contributed by atoms with Crippen molar-refractivity contribution in [1.82, 2.24) is 5.32 Å². The normalized spacial score (nSPS) is 14.0. The fourth-order valence-corrected chi connectivity index (χ4v) is 1.22. The molecule has 0 heterocycles. The van der Waals surface area contributed by atoms with E-state index in [-0.39, 0.29) is 12.0 Å². The van der Waals surface area contributed by atoms with Crippen LogP contribution in [0.3, 0.4) is 0 Å². The Morgan fingerprint density at radius 1 is 1.25 bits per heavy atom. The predicted molar refractivity (Wildman–Crippen MR) is 58.7 cm³/mol. The number of carbonyl (C=O) groups excluding carboxylic acids is 2. The first kappa shape index (κ1) is 14.9. The Balaban J connectivity index is 3.87. The predicted octanol–water partition coefficient (Wildman–Crippen LogP) is -0.582. The van der Waals surface area contributed by atoms with Gasteiger partial charge in [0.15, 0.2) is 0 Å². The van der Waals surface area contributed by atoms with E-state index < -0.39 is 12.0 Å². The molecule has 0 spiro atoms. The maximum absolute atomic E-state index is 11.2. The molecule has 6 heteroatoms. The molecule has 0 aromatic carbocycles. The van der Waals surface area contributed by atoms with E-state index >= 15 is 0 Å². The zero-order chi connectivity index (χ0) is 12.6. The lowest BCUT2D eigenvalue weighted by atomic mass is 10.2. The fraction of sp³-hybridized carbons (Fsp3) is 0.800. The van der Waals surface area contributed by atoms with Crippen LogP contribution in [0.15, 0.2) is 0 Å². The number of ether oxygens (including phenoxy) is 2. The zero-order valence-corrected chi connectivity index (χ0v) is 9.99. The number of methoxy groups -OCH3 is 2. The number of nitrogens with two attached hydrogens (primary N) is 1. The topological polar surface area (TPSA) is 90.6 Å². The number of hydrogen-bond acceptors (Lipinski definition) is 6.